The van der Waals surface area contributed by atoms with E-state index >= 15 is 0 Å². The third-order valence-electron chi connectivity index (χ3n) is 2.34. The molecule has 6 heteroatoms. The summed E-state index contributed by atoms with van der Waals surface area (Å²) in [6.07, 6.45) is 1.25. The molecular formula is C13H9F2NO3. The summed E-state index contributed by atoms with van der Waals surface area (Å²) in [6, 6.07) is 6.19. The third kappa shape index (κ3) is 3.25. The number of carboxylic acids is 1. The van der Waals surface area contributed by atoms with Crippen molar-refractivity contribution in [3.63, 3.8) is 0 Å². The summed E-state index contributed by atoms with van der Waals surface area (Å²) in [5.74, 6) is -2.65. The van der Waals surface area contributed by atoms with Crippen molar-refractivity contribution in [3.8, 4) is 5.75 Å². The Morgan fingerprint density at radius 3 is 2.58 bits per heavy atom. The van der Waals surface area contributed by atoms with Gasteiger partial charge in [-0.2, -0.15) is 0 Å². The van der Waals surface area contributed by atoms with Crippen LogP contribution in [0.2, 0.25) is 0 Å². The molecule has 0 spiro atoms. The minimum Gasteiger partial charge on any atom is -0.487 e. The van der Waals surface area contributed by atoms with Crippen LogP contribution in [0.5, 0.6) is 5.75 Å². The third-order valence-corrected chi connectivity index (χ3v) is 2.34. The van der Waals surface area contributed by atoms with E-state index in [4.69, 9.17) is 9.84 Å². The van der Waals surface area contributed by atoms with Crippen molar-refractivity contribution in [2.45, 2.75) is 6.61 Å². The number of ether oxygens (including phenoxy) is 1. The average molecular weight is 265 g/mol. The number of halogens is 2. The van der Waals surface area contributed by atoms with Crippen molar-refractivity contribution in [3.05, 3.63) is 59.4 Å². The van der Waals surface area contributed by atoms with Crippen molar-refractivity contribution >= 4 is 5.97 Å². The van der Waals surface area contributed by atoms with Crippen LogP contribution in [0.3, 0.4) is 0 Å². The van der Waals surface area contributed by atoms with Gasteiger partial charge in [0.25, 0.3) is 0 Å². The molecule has 98 valence electrons. The van der Waals surface area contributed by atoms with Gasteiger partial charge in [-0.15, -0.1) is 0 Å². The Balaban J connectivity index is 2.01. The van der Waals surface area contributed by atoms with Crippen molar-refractivity contribution in [2.75, 3.05) is 0 Å². The molecule has 0 saturated carbocycles. The number of nitrogens with zero attached hydrogens (tertiary/aromatic N) is 1. The highest BCUT2D eigenvalue weighted by molar-refractivity contribution is 5.85. The van der Waals surface area contributed by atoms with Crippen molar-refractivity contribution in [1.82, 2.24) is 4.98 Å². The highest BCUT2D eigenvalue weighted by Gasteiger charge is 2.05. The smallest absolute Gasteiger partial charge is 0.354 e. The second kappa shape index (κ2) is 5.43. The van der Waals surface area contributed by atoms with Crippen molar-refractivity contribution in [1.29, 1.82) is 0 Å². The first kappa shape index (κ1) is 12.9. The molecule has 19 heavy (non-hydrogen) atoms. The summed E-state index contributed by atoms with van der Waals surface area (Å²) in [6.45, 7) is 0.0330. The SMILES string of the molecule is O=C(O)c1ccc(OCc2ccc(F)c(F)c2)cn1. The number of rotatable bonds is 4. The largest absolute Gasteiger partial charge is 0.487 e. The molecule has 1 aromatic carbocycles. The monoisotopic (exact) mass is 265 g/mol. The molecule has 0 fully saturated rings. The Kier molecular flexibility index (Phi) is 3.70. The Morgan fingerprint density at radius 2 is 2.00 bits per heavy atom. The molecule has 2 rings (SSSR count). The molecule has 0 atom stereocenters. The lowest BCUT2D eigenvalue weighted by Gasteiger charge is -2.06. The number of carbonyl (C=O) groups is 1. The first-order chi connectivity index (χ1) is 9.06. The summed E-state index contributed by atoms with van der Waals surface area (Å²) in [7, 11) is 0. The minimum atomic E-state index is -1.13. The molecule has 0 aliphatic rings. The number of benzene rings is 1. The Labute approximate surface area is 107 Å². The van der Waals surface area contributed by atoms with Crippen LogP contribution in [-0.4, -0.2) is 16.1 Å². The molecular weight excluding hydrogens is 256 g/mol. The van der Waals surface area contributed by atoms with Gasteiger partial charge in [-0.1, -0.05) is 6.07 Å². The maximum Gasteiger partial charge on any atom is 0.354 e. The van der Waals surface area contributed by atoms with Gasteiger partial charge in [-0.3, -0.25) is 0 Å². The molecule has 1 N–H and O–H groups in total. The summed E-state index contributed by atoms with van der Waals surface area (Å²) >= 11 is 0. The molecule has 1 heterocycles. The van der Waals surface area contributed by atoms with Crippen LogP contribution < -0.4 is 4.74 Å². The lowest BCUT2D eigenvalue weighted by Crippen LogP contribution is -2.01. The molecule has 0 radical (unpaired) electrons. The first-order valence-corrected chi connectivity index (χ1v) is 5.32. The van der Waals surface area contributed by atoms with Gasteiger partial charge in [-0.05, 0) is 29.8 Å². The van der Waals surface area contributed by atoms with E-state index in [1.165, 1.54) is 24.4 Å². The standard InChI is InChI=1S/C13H9F2NO3/c14-10-3-1-8(5-11(10)15)7-19-9-2-4-12(13(17)18)16-6-9/h1-6H,7H2,(H,17,18). The van der Waals surface area contributed by atoms with Crippen LogP contribution in [0.4, 0.5) is 8.78 Å². The second-order valence-electron chi connectivity index (χ2n) is 3.72. The predicted octanol–water partition coefficient (Wildman–Crippen LogP) is 2.64. The van der Waals surface area contributed by atoms with Crippen molar-refractivity contribution in [2.24, 2.45) is 0 Å². The van der Waals surface area contributed by atoms with Gasteiger partial charge in [0, 0.05) is 0 Å². The number of hydrogen-bond donors (Lipinski definition) is 1. The van der Waals surface area contributed by atoms with Gasteiger partial charge in [0.15, 0.2) is 11.6 Å². The molecule has 4 nitrogen and oxygen atoms in total. The Bertz CT molecular complexity index is 599. The molecule has 0 bridgehead atoms. The Hall–Kier alpha value is -2.50. The van der Waals surface area contributed by atoms with E-state index in [1.807, 2.05) is 0 Å². The fourth-order valence-corrected chi connectivity index (χ4v) is 1.39. The summed E-state index contributed by atoms with van der Waals surface area (Å²) in [4.78, 5) is 14.2. The number of pyridine rings is 1. The fraction of sp³-hybridized carbons (Fsp3) is 0.0769. The van der Waals surface area contributed by atoms with Gasteiger partial charge in [0.05, 0.1) is 6.20 Å². The van der Waals surface area contributed by atoms with E-state index < -0.39 is 17.6 Å². The highest BCUT2D eigenvalue weighted by Crippen LogP contribution is 2.14. The molecule has 1 aromatic heterocycles. The number of aromatic carboxylic acids is 1. The van der Waals surface area contributed by atoms with E-state index in [0.717, 1.165) is 12.1 Å². The summed E-state index contributed by atoms with van der Waals surface area (Å²) in [5, 5.41) is 8.66. The van der Waals surface area contributed by atoms with E-state index in [1.54, 1.807) is 0 Å². The van der Waals surface area contributed by atoms with Gasteiger partial charge >= 0.3 is 5.97 Å². The maximum atomic E-state index is 12.9. The van der Waals surface area contributed by atoms with Crippen LogP contribution in [0, 0.1) is 11.6 Å². The van der Waals surface area contributed by atoms with Crippen LogP contribution in [-0.2, 0) is 6.61 Å². The second-order valence-corrected chi connectivity index (χ2v) is 3.72. The molecule has 0 unspecified atom stereocenters. The molecule has 2 aromatic rings. The van der Waals surface area contributed by atoms with E-state index in [9.17, 15) is 13.6 Å². The number of hydrogen-bond acceptors (Lipinski definition) is 3. The van der Waals surface area contributed by atoms with Crippen molar-refractivity contribution < 1.29 is 23.4 Å². The molecule has 0 amide bonds. The zero-order valence-corrected chi connectivity index (χ0v) is 9.64. The first-order valence-electron chi connectivity index (χ1n) is 5.32. The van der Waals surface area contributed by atoms with Crippen LogP contribution in [0.1, 0.15) is 16.1 Å². The van der Waals surface area contributed by atoms with Crippen LogP contribution >= 0.6 is 0 Å². The van der Waals surface area contributed by atoms with E-state index in [0.29, 0.717) is 11.3 Å². The zero-order chi connectivity index (χ0) is 13.8. The highest BCUT2D eigenvalue weighted by atomic mass is 19.2. The minimum absolute atomic E-state index is 0.0330. The molecule has 0 aliphatic heterocycles. The predicted molar refractivity (Wildman–Crippen MR) is 61.9 cm³/mol. The number of aromatic nitrogens is 1. The number of carboxylic acid groups (broad SMARTS) is 1. The quantitative estimate of drug-likeness (QED) is 0.923. The van der Waals surface area contributed by atoms with Crippen LogP contribution in [0.15, 0.2) is 36.5 Å². The van der Waals surface area contributed by atoms with Gasteiger partial charge in [0.1, 0.15) is 18.1 Å². The van der Waals surface area contributed by atoms with Gasteiger partial charge in [0.2, 0.25) is 0 Å². The lowest BCUT2D eigenvalue weighted by atomic mass is 10.2. The van der Waals surface area contributed by atoms with Gasteiger partial charge < -0.3 is 9.84 Å². The molecule has 0 saturated heterocycles. The summed E-state index contributed by atoms with van der Waals surface area (Å²) < 4.78 is 30.9. The molecule has 0 aliphatic carbocycles. The zero-order valence-electron chi connectivity index (χ0n) is 9.64. The lowest BCUT2D eigenvalue weighted by molar-refractivity contribution is 0.0690. The van der Waals surface area contributed by atoms with E-state index in [2.05, 4.69) is 4.98 Å². The maximum absolute atomic E-state index is 12.9. The van der Waals surface area contributed by atoms with Gasteiger partial charge in [-0.25, -0.2) is 18.6 Å². The topological polar surface area (TPSA) is 59.4 Å². The van der Waals surface area contributed by atoms with E-state index in [-0.39, 0.29) is 12.3 Å². The average Bonchev–Trinajstić information content (AvgIpc) is 2.40. The summed E-state index contributed by atoms with van der Waals surface area (Å²) in [5.41, 5.74) is 0.362. The Morgan fingerprint density at radius 1 is 1.21 bits per heavy atom. The normalized spacial score (nSPS) is 10.2. The fourth-order valence-electron chi connectivity index (χ4n) is 1.39. The van der Waals surface area contributed by atoms with Crippen LogP contribution in [0.25, 0.3) is 0 Å².